The summed E-state index contributed by atoms with van der Waals surface area (Å²) in [6, 6.07) is 10.6. The molecule has 1 atom stereocenters. The predicted molar refractivity (Wildman–Crippen MR) is 90.1 cm³/mol. The Balaban J connectivity index is 1.60. The highest BCUT2D eigenvalue weighted by Gasteiger charge is 2.23. The van der Waals surface area contributed by atoms with E-state index in [4.69, 9.17) is 4.74 Å². The monoisotopic (exact) mass is 327 g/mol. The lowest BCUT2D eigenvalue weighted by Gasteiger charge is -2.29. The van der Waals surface area contributed by atoms with Gasteiger partial charge in [-0.3, -0.25) is 9.59 Å². The number of amides is 2. The highest BCUT2D eigenvalue weighted by Crippen LogP contribution is 2.10. The molecule has 1 saturated heterocycles. The second-order valence-electron chi connectivity index (χ2n) is 5.77. The first-order valence-electron chi connectivity index (χ1n) is 8.06. The molecule has 126 valence electrons. The number of benzene rings is 1. The van der Waals surface area contributed by atoms with Gasteiger partial charge in [0.2, 0.25) is 5.91 Å². The second-order valence-corrected chi connectivity index (χ2v) is 5.77. The van der Waals surface area contributed by atoms with Gasteiger partial charge in [0.1, 0.15) is 6.04 Å². The molecule has 0 unspecified atom stereocenters. The van der Waals surface area contributed by atoms with Crippen LogP contribution in [0.15, 0.2) is 48.8 Å². The van der Waals surface area contributed by atoms with E-state index in [1.54, 1.807) is 24.0 Å². The summed E-state index contributed by atoms with van der Waals surface area (Å²) >= 11 is 0. The number of hydrogen-bond donors (Lipinski definition) is 1. The Bertz CT molecular complexity index is 689. The van der Waals surface area contributed by atoms with E-state index in [0.717, 1.165) is 5.69 Å². The molecule has 24 heavy (non-hydrogen) atoms. The molecule has 0 aliphatic carbocycles. The molecule has 2 aromatic rings. The van der Waals surface area contributed by atoms with Crippen molar-refractivity contribution >= 4 is 11.8 Å². The van der Waals surface area contributed by atoms with E-state index in [1.807, 2.05) is 41.2 Å². The molecule has 6 heteroatoms. The minimum absolute atomic E-state index is 0.0735. The van der Waals surface area contributed by atoms with Crippen molar-refractivity contribution in [2.45, 2.75) is 13.0 Å². The van der Waals surface area contributed by atoms with Crippen molar-refractivity contribution in [1.82, 2.24) is 14.8 Å². The van der Waals surface area contributed by atoms with Crippen LogP contribution in [0.1, 0.15) is 17.3 Å². The topological polar surface area (TPSA) is 63.6 Å². The Labute approximate surface area is 141 Å². The van der Waals surface area contributed by atoms with E-state index in [0.29, 0.717) is 31.9 Å². The lowest BCUT2D eigenvalue weighted by atomic mass is 10.1. The minimum atomic E-state index is -0.556. The van der Waals surface area contributed by atoms with Crippen LogP contribution in [0.3, 0.4) is 0 Å². The van der Waals surface area contributed by atoms with Crippen molar-refractivity contribution in [3.63, 3.8) is 0 Å². The molecule has 0 bridgehead atoms. The fraction of sp³-hybridized carbons (Fsp3) is 0.333. The molecule has 1 aromatic heterocycles. The number of morpholine rings is 1. The second kappa shape index (κ2) is 7.31. The molecule has 1 aromatic carbocycles. The van der Waals surface area contributed by atoms with Crippen LogP contribution in [0.25, 0.3) is 5.69 Å². The number of carbonyl (C=O) groups excluding carboxylic acids is 2. The molecule has 1 aliphatic rings. The van der Waals surface area contributed by atoms with Crippen molar-refractivity contribution in [1.29, 1.82) is 0 Å². The molecular weight excluding hydrogens is 306 g/mol. The molecule has 1 aliphatic heterocycles. The van der Waals surface area contributed by atoms with E-state index >= 15 is 0 Å². The number of ether oxygens (including phenoxy) is 1. The van der Waals surface area contributed by atoms with Crippen LogP contribution in [0.5, 0.6) is 0 Å². The molecule has 1 N–H and O–H groups in total. The van der Waals surface area contributed by atoms with Crippen LogP contribution in [-0.4, -0.2) is 53.6 Å². The van der Waals surface area contributed by atoms with Gasteiger partial charge in [0.15, 0.2) is 0 Å². The maximum absolute atomic E-state index is 12.3. The lowest BCUT2D eigenvalue weighted by Crippen LogP contribution is -2.50. The largest absolute Gasteiger partial charge is 0.378 e. The SMILES string of the molecule is C[C@H](NC(=O)c1ccc(-n2cccc2)cc1)C(=O)N1CCOCC1. The first-order valence-corrected chi connectivity index (χ1v) is 8.06. The molecular formula is C18H21N3O3. The Morgan fingerprint density at radius 3 is 2.33 bits per heavy atom. The number of hydrogen-bond acceptors (Lipinski definition) is 3. The van der Waals surface area contributed by atoms with Crippen LogP contribution in [0.2, 0.25) is 0 Å². The van der Waals surface area contributed by atoms with Gasteiger partial charge in [0, 0.05) is 36.7 Å². The van der Waals surface area contributed by atoms with E-state index < -0.39 is 6.04 Å². The minimum Gasteiger partial charge on any atom is -0.378 e. The summed E-state index contributed by atoms with van der Waals surface area (Å²) in [4.78, 5) is 26.4. The summed E-state index contributed by atoms with van der Waals surface area (Å²) in [5.41, 5.74) is 1.52. The Morgan fingerprint density at radius 1 is 1.08 bits per heavy atom. The zero-order valence-electron chi connectivity index (χ0n) is 13.6. The Kier molecular flexibility index (Phi) is 4.96. The summed E-state index contributed by atoms with van der Waals surface area (Å²) in [5.74, 6) is -0.321. The predicted octanol–water partition coefficient (Wildman–Crippen LogP) is 1.45. The molecule has 1 fully saturated rings. The highest BCUT2D eigenvalue weighted by molar-refractivity contribution is 5.97. The third-order valence-corrected chi connectivity index (χ3v) is 4.07. The summed E-state index contributed by atoms with van der Waals surface area (Å²) in [6.45, 7) is 3.96. The zero-order chi connectivity index (χ0) is 16.9. The third kappa shape index (κ3) is 3.65. The van der Waals surface area contributed by atoms with Crippen molar-refractivity contribution in [2.75, 3.05) is 26.3 Å². The first-order chi connectivity index (χ1) is 11.6. The lowest BCUT2D eigenvalue weighted by molar-refractivity contribution is -0.136. The Hall–Kier alpha value is -2.60. The van der Waals surface area contributed by atoms with Crippen LogP contribution < -0.4 is 5.32 Å². The smallest absolute Gasteiger partial charge is 0.251 e. The summed E-state index contributed by atoms with van der Waals surface area (Å²) in [7, 11) is 0. The van der Waals surface area contributed by atoms with Gasteiger partial charge in [-0.25, -0.2) is 0 Å². The third-order valence-electron chi connectivity index (χ3n) is 4.07. The van der Waals surface area contributed by atoms with Crippen LogP contribution in [0.4, 0.5) is 0 Å². The van der Waals surface area contributed by atoms with Gasteiger partial charge in [0.25, 0.3) is 5.91 Å². The van der Waals surface area contributed by atoms with E-state index in [-0.39, 0.29) is 11.8 Å². The quantitative estimate of drug-likeness (QED) is 0.924. The Morgan fingerprint density at radius 2 is 1.71 bits per heavy atom. The van der Waals surface area contributed by atoms with Gasteiger partial charge in [-0.1, -0.05) is 0 Å². The van der Waals surface area contributed by atoms with E-state index in [9.17, 15) is 9.59 Å². The van der Waals surface area contributed by atoms with Gasteiger partial charge >= 0.3 is 0 Å². The first kappa shape index (κ1) is 16.3. The fourth-order valence-electron chi connectivity index (χ4n) is 2.69. The standard InChI is InChI=1S/C18H21N3O3/c1-14(18(23)21-10-12-24-13-11-21)19-17(22)15-4-6-16(7-5-15)20-8-2-3-9-20/h2-9,14H,10-13H2,1H3,(H,19,22)/t14-/m0/s1. The number of carbonyl (C=O) groups is 2. The zero-order valence-corrected chi connectivity index (χ0v) is 13.6. The number of aromatic nitrogens is 1. The summed E-state index contributed by atoms with van der Waals surface area (Å²) in [5, 5.41) is 2.77. The maximum Gasteiger partial charge on any atom is 0.251 e. The molecule has 0 saturated carbocycles. The van der Waals surface area contributed by atoms with Crippen LogP contribution in [-0.2, 0) is 9.53 Å². The van der Waals surface area contributed by atoms with Crippen molar-refractivity contribution in [3.8, 4) is 5.69 Å². The van der Waals surface area contributed by atoms with Crippen molar-refractivity contribution in [3.05, 3.63) is 54.4 Å². The summed E-state index contributed by atoms with van der Waals surface area (Å²) in [6.07, 6.45) is 3.89. The van der Waals surface area contributed by atoms with Gasteiger partial charge in [-0.2, -0.15) is 0 Å². The van der Waals surface area contributed by atoms with Gasteiger partial charge < -0.3 is 19.5 Å². The molecule has 6 nitrogen and oxygen atoms in total. The van der Waals surface area contributed by atoms with Crippen molar-refractivity contribution < 1.29 is 14.3 Å². The average molecular weight is 327 g/mol. The molecule has 0 radical (unpaired) electrons. The molecule has 0 spiro atoms. The van der Waals surface area contributed by atoms with Crippen molar-refractivity contribution in [2.24, 2.45) is 0 Å². The van der Waals surface area contributed by atoms with Crippen LogP contribution >= 0.6 is 0 Å². The molecule has 2 heterocycles. The van der Waals surface area contributed by atoms with E-state index in [2.05, 4.69) is 5.32 Å². The number of nitrogens with zero attached hydrogens (tertiary/aromatic N) is 2. The summed E-state index contributed by atoms with van der Waals surface area (Å²) < 4.78 is 7.20. The highest BCUT2D eigenvalue weighted by atomic mass is 16.5. The van der Waals surface area contributed by atoms with E-state index in [1.165, 1.54) is 0 Å². The van der Waals surface area contributed by atoms with Crippen LogP contribution in [0, 0.1) is 0 Å². The fourth-order valence-corrected chi connectivity index (χ4v) is 2.69. The maximum atomic E-state index is 12.3. The number of nitrogens with one attached hydrogen (secondary N) is 1. The molecule has 3 rings (SSSR count). The van der Waals surface area contributed by atoms with Gasteiger partial charge in [-0.05, 0) is 43.3 Å². The van der Waals surface area contributed by atoms with Gasteiger partial charge in [-0.15, -0.1) is 0 Å². The average Bonchev–Trinajstić information content (AvgIpc) is 3.16. The number of rotatable bonds is 4. The normalized spacial score (nSPS) is 15.8. The molecule has 2 amide bonds. The van der Waals surface area contributed by atoms with Gasteiger partial charge in [0.05, 0.1) is 13.2 Å².